The highest BCUT2D eigenvalue weighted by atomic mass is 32.2. The Kier molecular flexibility index (Phi) is 6.06. The van der Waals surface area contributed by atoms with Crippen LogP contribution in [0.1, 0.15) is 66.8 Å². The molecule has 0 bridgehead atoms. The summed E-state index contributed by atoms with van der Waals surface area (Å²) in [6.45, 7) is 0.591. The van der Waals surface area contributed by atoms with E-state index in [9.17, 15) is 13.4 Å². The van der Waals surface area contributed by atoms with Gasteiger partial charge in [0.1, 0.15) is 17.4 Å². The van der Waals surface area contributed by atoms with Crippen molar-refractivity contribution in [1.82, 2.24) is 5.32 Å². The highest BCUT2D eigenvalue weighted by molar-refractivity contribution is 7.79. The number of carbonyl (C=O) groups is 1. The summed E-state index contributed by atoms with van der Waals surface area (Å²) < 4.78 is 39.7. The maximum atomic E-state index is 14.4. The van der Waals surface area contributed by atoms with Crippen LogP contribution < -0.4 is 10.1 Å². The normalized spacial score (nSPS) is 19.4. The largest absolute Gasteiger partial charge is 0.493 e. The molecule has 25 heavy (non-hydrogen) atoms. The van der Waals surface area contributed by atoms with Crippen molar-refractivity contribution in [2.75, 3.05) is 12.5 Å². The summed E-state index contributed by atoms with van der Waals surface area (Å²) in [6.07, 6.45) is 8.05. The highest BCUT2D eigenvalue weighted by Gasteiger charge is 2.29. The zero-order valence-corrected chi connectivity index (χ0v) is 14.9. The van der Waals surface area contributed by atoms with Gasteiger partial charge < -0.3 is 14.6 Å². The molecule has 2 N–H and O–H groups in total. The third-order valence-corrected chi connectivity index (χ3v) is 5.31. The summed E-state index contributed by atoms with van der Waals surface area (Å²) in [5.41, 5.74) is 0.768. The Hall–Kier alpha value is -1.47. The van der Waals surface area contributed by atoms with E-state index in [-0.39, 0.29) is 5.56 Å². The van der Waals surface area contributed by atoms with Crippen molar-refractivity contribution in [1.29, 1.82) is 0 Å². The first kappa shape index (κ1) is 18.3. The SMILES string of the molecule is O=C(NCS(=O)O)c1cc(C2CC2)c(OCC2CCCCC2)cc1F. The van der Waals surface area contributed by atoms with Crippen molar-refractivity contribution in [2.45, 2.75) is 50.9 Å². The first-order chi connectivity index (χ1) is 12.0. The summed E-state index contributed by atoms with van der Waals surface area (Å²) in [5, 5.41) is 2.26. The van der Waals surface area contributed by atoms with Crippen molar-refractivity contribution in [2.24, 2.45) is 5.92 Å². The van der Waals surface area contributed by atoms with Gasteiger partial charge in [0, 0.05) is 6.07 Å². The van der Waals surface area contributed by atoms with Crippen LogP contribution in [-0.2, 0) is 11.1 Å². The Labute approximate surface area is 149 Å². The first-order valence-corrected chi connectivity index (χ1v) is 10.1. The molecule has 1 aromatic carbocycles. The molecule has 1 atom stereocenters. The molecule has 2 saturated carbocycles. The van der Waals surface area contributed by atoms with Crippen LogP contribution in [0, 0.1) is 11.7 Å². The molecule has 0 radical (unpaired) electrons. The second-order valence-corrected chi connectivity index (χ2v) is 7.86. The summed E-state index contributed by atoms with van der Waals surface area (Å²) in [5.74, 6) is -0.402. The maximum Gasteiger partial charge on any atom is 0.255 e. The van der Waals surface area contributed by atoms with Gasteiger partial charge in [-0.3, -0.25) is 4.79 Å². The average molecular weight is 369 g/mol. The standard InChI is InChI=1S/C18H24FNO4S/c19-16-9-17(24-10-12-4-2-1-3-5-12)14(13-6-7-13)8-15(16)18(21)20-11-25(22)23/h8-9,12-13H,1-7,10-11H2,(H,20,21)(H,22,23). The molecule has 0 aromatic heterocycles. The molecule has 0 spiro atoms. The minimum absolute atomic E-state index is 0.0997. The smallest absolute Gasteiger partial charge is 0.255 e. The van der Waals surface area contributed by atoms with Crippen LogP contribution in [0.5, 0.6) is 5.75 Å². The number of hydrogen-bond donors (Lipinski definition) is 2. The molecular formula is C18H24FNO4S. The van der Waals surface area contributed by atoms with E-state index < -0.39 is 28.7 Å². The van der Waals surface area contributed by atoms with Crippen LogP contribution >= 0.6 is 0 Å². The molecule has 5 nitrogen and oxygen atoms in total. The van der Waals surface area contributed by atoms with Gasteiger partial charge >= 0.3 is 0 Å². The van der Waals surface area contributed by atoms with Crippen LogP contribution in [0.4, 0.5) is 4.39 Å². The van der Waals surface area contributed by atoms with E-state index in [1.807, 2.05) is 0 Å². The minimum Gasteiger partial charge on any atom is -0.493 e. The van der Waals surface area contributed by atoms with E-state index in [1.165, 1.54) is 25.3 Å². The lowest BCUT2D eigenvalue weighted by molar-refractivity contribution is 0.0955. The zero-order valence-electron chi connectivity index (χ0n) is 14.1. The van der Waals surface area contributed by atoms with E-state index in [2.05, 4.69) is 5.32 Å². The molecular weight excluding hydrogens is 345 g/mol. The Bertz CT molecular complexity index is 657. The molecule has 3 rings (SSSR count). The van der Waals surface area contributed by atoms with Crippen LogP contribution in [0.15, 0.2) is 12.1 Å². The fourth-order valence-electron chi connectivity index (χ4n) is 3.37. The predicted molar refractivity (Wildman–Crippen MR) is 93.5 cm³/mol. The molecule has 2 aliphatic carbocycles. The molecule has 7 heteroatoms. The van der Waals surface area contributed by atoms with Gasteiger partial charge in [-0.2, -0.15) is 0 Å². The Balaban J connectivity index is 1.73. The van der Waals surface area contributed by atoms with Crippen LogP contribution in [0.25, 0.3) is 0 Å². The van der Waals surface area contributed by atoms with E-state index in [4.69, 9.17) is 9.29 Å². The monoisotopic (exact) mass is 369 g/mol. The number of amides is 1. The fraction of sp³-hybridized carbons (Fsp3) is 0.611. The fourth-order valence-corrected chi connectivity index (χ4v) is 3.62. The third kappa shape index (κ3) is 5.01. The van der Waals surface area contributed by atoms with Crippen molar-refractivity contribution >= 4 is 17.0 Å². The first-order valence-electron chi connectivity index (χ1n) is 8.86. The van der Waals surface area contributed by atoms with E-state index in [0.29, 0.717) is 24.2 Å². The second kappa shape index (κ2) is 8.27. The van der Waals surface area contributed by atoms with Crippen LogP contribution in [0.2, 0.25) is 0 Å². The number of ether oxygens (including phenoxy) is 1. The second-order valence-electron chi connectivity index (χ2n) is 6.93. The summed E-state index contributed by atoms with van der Waals surface area (Å²) in [6, 6.07) is 2.83. The van der Waals surface area contributed by atoms with Crippen LogP contribution in [-0.4, -0.2) is 27.2 Å². The number of carbonyl (C=O) groups excluding carboxylic acids is 1. The number of hydrogen-bond acceptors (Lipinski definition) is 3. The number of halogens is 1. The molecule has 0 heterocycles. The molecule has 138 valence electrons. The quantitative estimate of drug-likeness (QED) is 0.721. The van der Waals surface area contributed by atoms with Gasteiger partial charge in [-0.05, 0) is 49.1 Å². The molecule has 0 aliphatic heterocycles. The van der Waals surface area contributed by atoms with Crippen LogP contribution in [0.3, 0.4) is 0 Å². The number of benzene rings is 1. The van der Waals surface area contributed by atoms with Gasteiger partial charge in [0.2, 0.25) is 0 Å². The molecule has 2 fully saturated rings. The van der Waals surface area contributed by atoms with Gasteiger partial charge in [-0.1, -0.05) is 19.3 Å². The summed E-state index contributed by atoms with van der Waals surface area (Å²) in [4.78, 5) is 12.0. The lowest BCUT2D eigenvalue weighted by Crippen LogP contribution is -2.27. The topological polar surface area (TPSA) is 75.6 Å². The number of nitrogens with one attached hydrogen (secondary N) is 1. The van der Waals surface area contributed by atoms with Crippen molar-refractivity contribution in [3.63, 3.8) is 0 Å². The molecule has 1 amide bonds. The van der Waals surface area contributed by atoms with Gasteiger partial charge in [-0.25, -0.2) is 8.60 Å². The Morgan fingerprint density at radius 3 is 2.60 bits per heavy atom. The van der Waals surface area contributed by atoms with Crippen molar-refractivity contribution in [3.05, 3.63) is 29.1 Å². The van der Waals surface area contributed by atoms with Gasteiger partial charge in [-0.15, -0.1) is 0 Å². The van der Waals surface area contributed by atoms with Crippen molar-refractivity contribution in [3.8, 4) is 5.75 Å². The molecule has 1 unspecified atom stereocenters. The zero-order chi connectivity index (χ0) is 17.8. The Morgan fingerprint density at radius 1 is 1.24 bits per heavy atom. The maximum absolute atomic E-state index is 14.4. The van der Waals surface area contributed by atoms with E-state index >= 15 is 0 Å². The van der Waals surface area contributed by atoms with E-state index in [0.717, 1.165) is 31.2 Å². The average Bonchev–Trinajstić information content (AvgIpc) is 3.43. The summed E-state index contributed by atoms with van der Waals surface area (Å²) in [7, 11) is 0. The molecule has 1 aromatic rings. The summed E-state index contributed by atoms with van der Waals surface area (Å²) >= 11 is -2.16. The lowest BCUT2D eigenvalue weighted by Gasteiger charge is -2.22. The molecule has 2 aliphatic rings. The number of rotatable bonds is 7. The lowest BCUT2D eigenvalue weighted by atomic mass is 9.90. The van der Waals surface area contributed by atoms with Crippen molar-refractivity contribution < 1.29 is 22.7 Å². The third-order valence-electron chi connectivity index (χ3n) is 4.92. The molecule has 0 saturated heterocycles. The minimum atomic E-state index is -2.16. The van der Waals surface area contributed by atoms with Gasteiger partial charge in [0.15, 0.2) is 11.1 Å². The Morgan fingerprint density at radius 2 is 1.96 bits per heavy atom. The van der Waals surface area contributed by atoms with Gasteiger partial charge in [0.25, 0.3) is 5.91 Å². The van der Waals surface area contributed by atoms with Gasteiger partial charge in [0.05, 0.1) is 12.2 Å². The predicted octanol–water partition coefficient (Wildman–Crippen LogP) is 3.57. The highest BCUT2D eigenvalue weighted by Crippen LogP contribution is 2.45. The van der Waals surface area contributed by atoms with E-state index in [1.54, 1.807) is 6.07 Å².